The molecule has 0 atom stereocenters. The van der Waals surface area contributed by atoms with Crippen LogP contribution in [-0.2, 0) is 19.5 Å². The summed E-state index contributed by atoms with van der Waals surface area (Å²) < 4.78 is 1.66. The van der Waals surface area contributed by atoms with E-state index in [2.05, 4.69) is 33.7 Å². The van der Waals surface area contributed by atoms with Crippen molar-refractivity contribution in [1.29, 1.82) is 0 Å². The van der Waals surface area contributed by atoms with E-state index in [4.69, 9.17) is 0 Å². The maximum atomic E-state index is 12.9. The van der Waals surface area contributed by atoms with Crippen LogP contribution in [0.25, 0.3) is 0 Å². The highest BCUT2D eigenvalue weighted by Crippen LogP contribution is 2.20. The molecule has 2 aromatic carbocycles. The molecule has 0 unspecified atom stereocenters. The zero-order chi connectivity index (χ0) is 17.1. The zero-order valence-electron chi connectivity index (χ0n) is 13.9. The predicted molar refractivity (Wildman–Crippen MR) is 92.9 cm³/mol. The Labute approximate surface area is 146 Å². The number of benzene rings is 2. The van der Waals surface area contributed by atoms with Crippen molar-refractivity contribution in [1.82, 2.24) is 25.1 Å². The third kappa shape index (κ3) is 3.42. The second-order valence-corrected chi connectivity index (χ2v) is 6.30. The maximum Gasteiger partial charge on any atom is 0.254 e. The summed E-state index contributed by atoms with van der Waals surface area (Å²) in [4.78, 5) is 14.8. The fourth-order valence-corrected chi connectivity index (χ4v) is 3.25. The molecule has 4 rings (SSSR count). The summed E-state index contributed by atoms with van der Waals surface area (Å²) in [6.07, 6.45) is 3.61. The molecule has 0 N–H and O–H groups in total. The van der Waals surface area contributed by atoms with Gasteiger partial charge in [-0.05, 0) is 52.1 Å². The lowest BCUT2D eigenvalue weighted by Crippen LogP contribution is -2.30. The second-order valence-electron chi connectivity index (χ2n) is 6.30. The predicted octanol–water partition coefficient (Wildman–Crippen LogP) is 2.31. The van der Waals surface area contributed by atoms with E-state index in [-0.39, 0.29) is 5.91 Å². The van der Waals surface area contributed by atoms with Gasteiger partial charge < -0.3 is 4.90 Å². The molecular formula is C19H19N5O. The molecule has 1 aliphatic heterocycles. The minimum atomic E-state index is 0.0886. The Morgan fingerprint density at radius 3 is 2.60 bits per heavy atom. The van der Waals surface area contributed by atoms with Gasteiger partial charge >= 0.3 is 0 Å². The first-order chi connectivity index (χ1) is 12.3. The largest absolute Gasteiger partial charge is 0.334 e. The Hall–Kier alpha value is -3.02. The summed E-state index contributed by atoms with van der Waals surface area (Å²) in [6, 6.07) is 16.1. The van der Waals surface area contributed by atoms with E-state index < -0.39 is 0 Å². The minimum absolute atomic E-state index is 0.0886. The van der Waals surface area contributed by atoms with Crippen LogP contribution in [0.15, 0.2) is 54.9 Å². The van der Waals surface area contributed by atoms with Crippen molar-refractivity contribution >= 4 is 5.91 Å². The summed E-state index contributed by atoms with van der Waals surface area (Å²) in [6.45, 7) is 2.07. The van der Waals surface area contributed by atoms with E-state index in [1.165, 1.54) is 11.1 Å². The monoisotopic (exact) mass is 333 g/mol. The Morgan fingerprint density at radius 1 is 1.04 bits per heavy atom. The van der Waals surface area contributed by atoms with Crippen molar-refractivity contribution in [2.24, 2.45) is 0 Å². The van der Waals surface area contributed by atoms with E-state index in [1.807, 2.05) is 35.2 Å². The van der Waals surface area contributed by atoms with Crippen LogP contribution in [0.1, 0.15) is 33.5 Å². The highest BCUT2D eigenvalue weighted by atomic mass is 16.2. The van der Waals surface area contributed by atoms with Crippen molar-refractivity contribution in [2.45, 2.75) is 25.9 Å². The van der Waals surface area contributed by atoms with Crippen LogP contribution in [0, 0.1) is 0 Å². The van der Waals surface area contributed by atoms with Gasteiger partial charge in [0, 0.05) is 18.7 Å². The number of fused-ring (bicyclic) bond motifs is 1. The van der Waals surface area contributed by atoms with Crippen molar-refractivity contribution in [3.8, 4) is 0 Å². The first kappa shape index (κ1) is 15.5. The number of amides is 1. The molecule has 6 heteroatoms. The van der Waals surface area contributed by atoms with E-state index in [0.29, 0.717) is 13.1 Å². The van der Waals surface area contributed by atoms with Gasteiger partial charge in [0.25, 0.3) is 5.91 Å². The number of rotatable bonds is 3. The topological polar surface area (TPSA) is 63.9 Å². The summed E-state index contributed by atoms with van der Waals surface area (Å²) in [5, 5.41) is 11.1. The standard InChI is InChI=1S/C19H19N5O/c25-19(23-11-3-6-16-4-1-2-5-18(16)13-23)17-9-7-15(8-10-17)12-24-14-20-21-22-24/h1-2,4-5,7-10,14H,3,6,11-13H2. The van der Waals surface area contributed by atoms with Crippen LogP contribution in [0.5, 0.6) is 0 Å². The normalized spacial score (nSPS) is 14.0. The van der Waals surface area contributed by atoms with Crippen LogP contribution in [0.2, 0.25) is 0 Å². The lowest BCUT2D eigenvalue weighted by atomic mass is 10.0. The van der Waals surface area contributed by atoms with Gasteiger partial charge in [0.05, 0.1) is 6.54 Å². The Bertz CT molecular complexity index is 858. The molecule has 0 radical (unpaired) electrons. The van der Waals surface area contributed by atoms with Crippen molar-refractivity contribution in [3.63, 3.8) is 0 Å². The van der Waals surface area contributed by atoms with Crippen LogP contribution < -0.4 is 0 Å². The molecule has 6 nitrogen and oxygen atoms in total. The molecule has 0 saturated carbocycles. The number of hydrogen-bond donors (Lipinski definition) is 0. The highest BCUT2D eigenvalue weighted by Gasteiger charge is 2.19. The third-order valence-electron chi connectivity index (χ3n) is 4.58. The molecule has 0 aliphatic carbocycles. The van der Waals surface area contributed by atoms with Gasteiger partial charge in [-0.25, -0.2) is 4.68 Å². The average molecular weight is 333 g/mol. The lowest BCUT2D eigenvalue weighted by molar-refractivity contribution is 0.0746. The van der Waals surface area contributed by atoms with Crippen LogP contribution in [-0.4, -0.2) is 37.6 Å². The molecule has 2 heterocycles. The first-order valence-electron chi connectivity index (χ1n) is 8.45. The number of aromatic nitrogens is 4. The van der Waals surface area contributed by atoms with E-state index >= 15 is 0 Å². The molecule has 1 aromatic heterocycles. The van der Waals surface area contributed by atoms with E-state index in [0.717, 1.165) is 30.5 Å². The number of aryl methyl sites for hydroxylation is 1. The smallest absolute Gasteiger partial charge is 0.254 e. The van der Waals surface area contributed by atoms with E-state index in [1.54, 1.807) is 11.0 Å². The molecule has 0 bridgehead atoms. The first-order valence-corrected chi connectivity index (χ1v) is 8.45. The lowest BCUT2D eigenvalue weighted by Gasteiger charge is -2.21. The van der Waals surface area contributed by atoms with Crippen LogP contribution >= 0.6 is 0 Å². The van der Waals surface area contributed by atoms with Crippen LogP contribution in [0.3, 0.4) is 0 Å². The second kappa shape index (κ2) is 6.84. The van der Waals surface area contributed by atoms with Crippen molar-refractivity contribution < 1.29 is 4.79 Å². The number of carbonyl (C=O) groups excluding carboxylic acids is 1. The molecule has 1 amide bonds. The molecule has 25 heavy (non-hydrogen) atoms. The van der Waals surface area contributed by atoms with Gasteiger partial charge in [-0.1, -0.05) is 36.4 Å². The molecule has 0 fully saturated rings. The van der Waals surface area contributed by atoms with Gasteiger partial charge in [-0.2, -0.15) is 0 Å². The molecule has 0 saturated heterocycles. The Morgan fingerprint density at radius 2 is 1.84 bits per heavy atom. The van der Waals surface area contributed by atoms with Gasteiger partial charge in [-0.15, -0.1) is 5.10 Å². The zero-order valence-corrected chi connectivity index (χ0v) is 13.9. The maximum absolute atomic E-state index is 12.9. The molecule has 126 valence electrons. The van der Waals surface area contributed by atoms with E-state index in [9.17, 15) is 4.79 Å². The van der Waals surface area contributed by atoms with Crippen molar-refractivity contribution in [2.75, 3.05) is 6.54 Å². The average Bonchev–Trinajstić information content (AvgIpc) is 3.05. The number of hydrogen-bond acceptors (Lipinski definition) is 4. The Kier molecular flexibility index (Phi) is 4.24. The van der Waals surface area contributed by atoms with Gasteiger partial charge in [0.15, 0.2) is 0 Å². The number of tetrazole rings is 1. The highest BCUT2D eigenvalue weighted by molar-refractivity contribution is 5.94. The molecule has 0 spiro atoms. The van der Waals surface area contributed by atoms with Gasteiger partial charge in [0.1, 0.15) is 6.33 Å². The molecule has 1 aliphatic rings. The summed E-state index contributed by atoms with van der Waals surface area (Å²) in [5.41, 5.74) is 4.39. The van der Waals surface area contributed by atoms with Gasteiger partial charge in [0.2, 0.25) is 0 Å². The summed E-state index contributed by atoms with van der Waals surface area (Å²) in [5.74, 6) is 0.0886. The fraction of sp³-hybridized carbons (Fsp3) is 0.263. The number of nitrogens with zero attached hydrogens (tertiary/aromatic N) is 5. The summed E-state index contributed by atoms with van der Waals surface area (Å²) >= 11 is 0. The van der Waals surface area contributed by atoms with Gasteiger partial charge in [-0.3, -0.25) is 4.79 Å². The SMILES string of the molecule is O=C(c1ccc(Cn2cnnn2)cc1)N1CCCc2ccccc2C1. The minimum Gasteiger partial charge on any atom is -0.334 e. The summed E-state index contributed by atoms with van der Waals surface area (Å²) in [7, 11) is 0. The Balaban J connectivity index is 1.49. The molecule has 3 aromatic rings. The third-order valence-corrected chi connectivity index (χ3v) is 4.58. The van der Waals surface area contributed by atoms with Crippen molar-refractivity contribution in [3.05, 3.63) is 77.1 Å². The van der Waals surface area contributed by atoms with Crippen LogP contribution in [0.4, 0.5) is 0 Å². The quantitative estimate of drug-likeness (QED) is 0.738. The fourth-order valence-electron chi connectivity index (χ4n) is 3.25. The number of carbonyl (C=O) groups is 1. The molecular weight excluding hydrogens is 314 g/mol.